The quantitative estimate of drug-likeness (QED) is 0.726. The summed E-state index contributed by atoms with van der Waals surface area (Å²) < 4.78 is 4.95. The molecule has 2 N–H and O–H groups in total. The molecular formula is C12H14O5. The van der Waals surface area contributed by atoms with Gasteiger partial charge in [-0.1, -0.05) is 6.07 Å². The van der Waals surface area contributed by atoms with E-state index in [2.05, 4.69) is 0 Å². The zero-order valence-corrected chi connectivity index (χ0v) is 9.42. The number of rotatable bonds is 6. The van der Waals surface area contributed by atoms with Crippen molar-refractivity contribution >= 4 is 12.3 Å². The zero-order chi connectivity index (χ0) is 12.8. The number of carboxylic acids is 1. The number of carboxylic acid groups (broad SMARTS) is 1. The molecule has 1 rings (SSSR count). The minimum atomic E-state index is -1.08. The van der Waals surface area contributed by atoms with E-state index in [-0.39, 0.29) is 18.6 Å². The summed E-state index contributed by atoms with van der Waals surface area (Å²) in [7, 11) is 1.50. The van der Waals surface area contributed by atoms with Crippen molar-refractivity contribution in [2.45, 2.75) is 19.1 Å². The smallest absolute Gasteiger partial charge is 0.335 e. The van der Waals surface area contributed by atoms with Gasteiger partial charge >= 0.3 is 5.97 Å². The van der Waals surface area contributed by atoms with E-state index in [0.29, 0.717) is 17.4 Å². The van der Waals surface area contributed by atoms with Crippen molar-refractivity contribution in [2.75, 3.05) is 7.11 Å². The van der Waals surface area contributed by atoms with Crippen LogP contribution in [0.25, 0.3) is 0 Å². The monoisotopic (exact) mass is 238 g/mol. The predicted octanol–water partition coefficient (Wildman–Crippen LogP) is 1.15. The lowest BCUT2D eigenvalue weighted by Gasteiger charge is -2.14. The second-order valence-corrected chi connectivity index (χ2v) is 3.57. The first kappa shape index (κ1) is 13.3. The SMILES string of the molecule is COCc1ccc(C(=O)O)cc1C(O)CC=O. The summed E-state index contributed by atoms with van der Waals surface area (Å²) in [6, 6.07) is 4.38. The number of benzene rings is 1. The van der Waals surface area contributed by atoms with E-state index in [1.54, 1.807) is 6.07 Å². The standard InChI is InChI=1S/C12H14O5/c1-17-7-9-3-2-8(12(15)16)6-10(9)11(14)4-5-13/h2-3,5-6,11,14H,4,7H2,1H3,(H,15,16). The van der Waals surface area contributed by atoms with Crippen LogP contribution in [0.15, 0.2) is 18.2 Å². The minimum Gasteiger partial charge on any atom is -0.478 e. The first-order valence-electron chi connectivity index (χ1n) is 5.07. The van der Waals surface area contributed by atoms with Crippen molar-refractivity contribution in [2.24, 2.45) is 0 Å². The molecule has 92 valence electrons. The molecule has 1 atom stereocenters. The normalized spacial score (nSPS) is 12.1. The Morgan fingerprint density at radius 1 is 1.53 bits per heavy atom. The molecule has 0 aliphatic rings. The summed E-state index contributed by atoms with van der Waals surface area (Å²) >= 11 is 0. The Balaban J connectivity index is 3.14. The van der Waals surface area contributed by atoms with Gasteiger partial charge in [0.15, 0.2) is 0 Å². The number of hydrogen-bond acceptors (Lipinski definition) is 4. The topological polar surface area (TPSA) is 83.8 Å². The van der Waals surface area contributed by atoms with Gasteiger partial charge in [-0.05, 0) is 23.3 Å². The molecule has 0 heterocycles. The van der Waals surface area contributed by atoms with E-state index in [1.165, 1.54) is 19.2 Å². The Morgan fingerprint density at radius 3 is 2.76 bits per heavy atom. The molecule has 0 aliphatic heterocycles. The lowest BCUT2D eigenvalue weighted by molar-refractivity contribution is -0.109. The van der Waals surface area contributed by atoms with Gasteiger partial charge in [0, 0.05) is 13.5 Å². The fraction of sp³-hybridized carbons (Fsp3) is 0.333. The largest absolute Gasteiger partial charge is 0.478 e. The molecular weight excluding hydrogens is 224 g/mol. The van der Waals surface area contributed by atoms with E-state index in [1.807, 2.05) is 0 Å². The molecule has 5 nitrogen and oxygen atoms in total. The molecule has 0 amide bonds. The molecule has 5 heteroatoms. The lowest BCUT2D eigenvalue weighted by atomic mass is 9.98. The van der Waals surface area contributed by atoms with Crippen LogP contribution in [-0.4, -0.2) is 29.6 Å². The third-order valence-electron chi connectivity index (χ3n) is 2.37. The first-order chi connectivity index (χ1) is 8.10. The minimum absolute atomic E-state index is 0.0697. The maximum atomic E-state index is 10.8. The van der Waals surface area contributed by atoms with E-state index < -0.39 is 12.1 Å². The highest BCUT2D eigenvalue weighted by Crippen LogP contribution is 2.22. The van der Waals surface area contributed by atoms with Crippen molar-refractivity contribution in [3.05, 3.63) is 34.9 Å². The van der Waals surface area contributed by atoms with Gasteiger partial charge in [-0.25, -0.2) is 4.79 Å². The van der Waals surface area contributed by atoms with Crippen molar-refractivity contribution < 1.29 is 24.5 Å². The van der Waals surface area contributed by atoms with E-state index in [4.69, 9.17) is 9.84 Å². The van der Waals surface area contributed by atoms with Crippen LogP contribution in [0.5, 0.6) is 0 Å². The van der Waals surface area contributed by atoms with Crippen LogP contribution in [0.4, 0.5) is 0 Å². The van der Waals surface area contributed by atoms with Gasteiger partial charge in [0.2, 0.25) is 0 Å². The van der Waals surface area contributed by atoms with Crippen LogP contribution in [0.1, 0.15) is 34.0 Å². The van der Waals surface area contributed by atoms with Gasteiger partial charge in [-0.15, -0.1) is 0 Å². The number of methoxy groups -OCH3 is 1. The van der Waals surface area contributed by atoms with E-state index in [9.17, 15) is 14.7 Å². The molecule has 0 bridgehead atoms. The number of aromatic carboxylic acids is 1. The maximum Gasteiger partial charge on any atom is 0.335 e. The van der Waals surface area contributed by atoms with E-state index in [0.717, 1.165) is 0 Å². The number of aldehydes is 1. The molecule has 1 unspecified atom stereocenters. The average molecular weight is 238 g/mol. The Kier molecular flexibility index (Phi) is 4.81. The second-order valence-electron chi connectivity index (χ2n) is 3.57. The van der Waals surface area contributed by atoms with Crippen LogP contribution in [-0.2, 0) is 16.1 Å². The fourth-order valence-electron chi connectivity index (χ4n) is 1.54. The van der Waals surface area contributed by atoms with Crippen molar-refractivity contribution in [1.82, 2.24) is 0 Å². The van der Waals surface area contributed by atoms with Crippen LogP contribution in [0.2, 0.25) is 0 Å². The molecule has 0 fully saturated rings. The zero-order valence-electron chi connectivity index (χ0n) is 9.42. The number of hydrogen-bond donors (Lipinski definition) is 2. The third-order valence-corrected chi connectivity index (χ3v) is 2.37. The molecule has 0 saturated carbocycles. The summed E-state index contributed by atoms with van der Waals surface area (Å²) in [4.78, 5) is 21.2. The molecule has 0 saturated heterocycles. The highest BCUT2D eigenvalue weighted by Gasteiger charge is 2.15. The number of aliphatic hydroxyl groups is 1. The van der Waals surface area contributed by atoms with Crippen molar-refractivity contribution in [1.29, 1.82) is 0 Å². The molecule has 1 aromatic rings. The molecule has 0 aliphatic carbocycles. The van der Waals surface area contributed by atoms with Crippen LogP contribution >= 0.6 is 0 Å². The summed E-state index contributed by atoms with van der Waals surface area (Å²) in [5.74, 6) is -1.08. The Labute approximate surface area is 98.6 Å². The highest BCUT2D eigenvalue weighted by molar-refractivity contribution is 5.88. The van der Waals surface area contributed by atoms with Gasteiger partial charge in [-0.2, -0.15) is 0 Å². The van der Waals surface area contributed by atoms with Gasteiger partial charge in [0.05, 0.1) is 18.3 Å². The summed E-state index contributed by atoms with van der Waals surface area (Å²) in [5, 5.41) is 18.6. The predicted molar refractivity (Wildman–Crippen MR) is 59.8 cm³/mol. The Bertz CT molecular complexity index is 413. The molecule has 0 aromatic heterocycles. The van der Waals surface area contributed by atoms with Gasteiger partial charge in [-0.3, -0.25) is 0 Å². The van der Waals surface area contributed by atoms with Gasteiger partial charge < -0.3 is 19.7 Å². The van der Waals surface area contributed by atoms with Crippen LogP contribution in [0.3, 0.4) is 0 Å². The molecule has 0 radical (unpaired) electrons. The Hall–Kier alpha value is -1.72. The number of ether oxygens (including phenoxy) is 1. The van der Waals surface area contributed by atoms with Gasteiger partial charge in [0.25, 0.3) is 0 Å². The van der Waals surface area contributed by atoms with Crippen LogP contribution in [0, 0.1) is 0 Å². The van der Waals surface area contributed by atoms with Gasteiger partial charge in [0.1, 0.15) is 6.29 Å². The average Bonchev–Trinajstić information content (AvgIpc) is 2.30. The molecule has 0 spiro atoms. The number of aliphatic hydroxyl groups excluding tert-OH is 1. The lowest BCUT2D eigenvalue weighted by Crippen LogP contribution is -2.07. The fourth-order valence-corrected chi connectivity index (χ4v) is 1.54. The highest BCUT2D eigenvalue weighted by atomic mass is 16.5. The Morgan fingerprint density at radius 2 is 2.24 bits per heavy atom. The van der Waals surface area contributed by atoms with Crippen molar-refractivity contribution in [3.63, 3.8) is 0 Å². The van der Waals surface area contributed by atoms with Crippen molar-refractivity contribution in [3.8, 4) is 0 Å². The summed E-state index contributed by atoms with van der Waals surface area (Å²) in [6.45, 7) is 0.255. The summed E-state index contributed by atoms with van der Waals surface area (Å²) in [5.41, 5.74) is 1.16. The van der Waals surface area contributed by atoms with E-state index >= 15 is 0 Å². The molecule has 17 heavy (non-hydrogen) atoms. The number of carbonyl (C=O) groups excluding carboxylic acids is 1. The first-order valence-corrected chi connectivity index (χ1v) is 5.07. The second kappa shape index (κ2) is 6.12. The maximum absolute atomic E-state index is 10.8. The molecule has 1 aromatic carbocycles. The third kappa shape index (κ3) is 3.37. The number of carbonyl (C=O) groups is 2. The van der Waals surface area contributed by atoms with Crippen LogP contribution < -0.4 is 0 Å². The summed E-state index contributed by atoms with van der Waals surface area (Å²) in [6.07, 6.45) is -0.481.